The summed E-state index contributed by atoms with van der Waals surface area (Å²) in [5, 5.41) is 4.38. The number of fused-ring (bicyclic) bond motifs is 17. The molecule has 5 heteroatoms. The van der Waals surface area contributed by atoms with Crippen molar-refractivity contribution in [1.29, 1.82) is 0 Å². The highest BCUT2D eigenvalue weighted by atomic mass is 16.3. The maximum Gasteiger partial charge on any atom is 0.238 e. The van der Waals surface area contributed by atoms with Crippen LogP contribution < -0.4 is 0 Å². The van der Waals surface area contributed by atoms with E-state index in [9.17, 15) is 0 Å². The molecule has 5 nitrogen and oxygen atoms in total. The molecule has 1 spiro atoms. The van der Waals surface area contributed by atoms with Gasteiger partial charge >= 0.3 is 0 Å². The predicted molar refractivity (Wildman–Crippen MR) is 229 cm³/mol. The quantitative estimate of drug-likeness (QED) is 0.182. The van der Waals surface area contributed by atoms with Gasteiger partial charge in [-0.15, -0.1) is 0 Å². The highest BCUT2D eigenvalue weighted by Gasteiger charge is 2.52. The number of nitrogens with zero attached hydrogens (tertiary/aromatic N) is 4. The van der Waals surface area contributed by atoms with E-state index in [4.69, 9.17) is 19.4 Å². The van der Waals surface area contributed by atoms with E-state index in [1.807, 2.05) is 36.4 Å². The number of furan rings is 1. The fraction of sp³-hybridized carbons (Fsp3) is 0.0192. The third kappa shape index (κ3) is 3.94. The Labute approximate surface area is 327 Å². The molecule has 0 saturated heterocycles. The fourth-order valence-corrected chi connectivity index (χ4v) is 10.1. The van der Waals surface area contributed by atoms with Gasteiger partial charge < -0.3 is 4.42 Å². The third-order valence-corrected chi connectivity index (χ3v) is 12.3. The van der Waals surface area contributed by atoms with Gasteiger partial charge in [-0.1, -0.05) is 164 Å². The maximum atomic E-state index is 6.56. The summed E-state index contributed by atoms with van der Waals surface area (Å²) in [5.74, 6) is 1.70. The van der Waals surface area contributed by atoms with Gasteiger partial charge in [-0.3, -0.25) is 4.57 Å². The number of para-hydroxylation sites is 3. The lowest BCUT2D eigenvalue weighted by Crippen LogP contribution is -2.25. The molecule has 2 aliphatic rings. The van der Waals surface area contributed by atoms with Crippen molar-refractivity contribution in [2.45, 2.75) is 5.41 Å². The third-order valence-electron chi connectivity index (χ3n) is 12.3. The maximum absolute atomic E-state index is 6.56. The first kappa shape index (κ1) is 30.7. The lowest BCUT2D eigenvalue weighted by atomic mass is 9.70. The smallest absolute Gasteiger partial charge is 0.238 e. The molecular formula is C52H30N4O. The van der Waals surface area contributed by atoms with Gasteiger partial charge in [0, 0.05) is 32.7 Å². The Morgan fingerprint density at radius 3 is 1.79 bits per heavy atom. The Hall–Kier alpha value is -7.63. The standard InChI is InChI=1S/C52H30N4O/c1-2-15-31(16-3-1)49-53-50(39-23-14-22-37-35-20-8-13-28-45(35)57-48(37)39)55-51(54-49)56-44-27-12-7-19-34(44)36-29-30-43-46(47(36)56)38-21-6-11-26-42(38)52(43)40-24-9-4-17-32(40)33-18-5-10-25-41(33)52/h1-30H. The molecule has 0 fully saturated rings. The molecule has 0 bridgehead atoms. The van der Waals surface area contributed by atoms with Crippen molar-refractivity contribution in [2.24, 2.45) is 0 Å². The van der Waals surface area contributed by atoms with Gasteiger partial charge in [0.05, 0.1) is 22.0 Å². The van der Waals surface area contributed by atoms with Crippen LogP contribution in [-0.4, -0.2) is 19.5 Å². The summed E-state index contributed by atoms with van der Waals surface area (Å²) >= 11 is 0. The van der Waals surface area contributed by atoms with Crippen molar-refractivity contribution in [2.75, 3.05) is 0 Å². The van der Waals surface area contributed by atoms with Crippen LogP contribution >= 0.6 is 0 Å². The number of hydrogen-bond acceptors (Lipinski definition) is 4. The van der Waals surface area contributed by atoms with Crippen LogP contribution in [-0.2, 0) is 5.41 Å². The lowest BCUT2D eigenvalue weighted by molar-refractivity contribution is 0.669. The molecule has 0 saturated carbocycles. The van der Waals surface area contributed by atoms with E-state index in [0.717, 1.165) is 54.9 Å². The van der Waals surface area contributed by atoms with Crippen molar-refractivity contribution in [3.63, 3.8) is 0 Å². The van der Waals surface area contributed by atoms with Crippen molar-refractivity contribution in [3.8, 4) is 51.0 Å². The van der Waals surface area contributed by atoms with Crippen molar-refractivity contribution in [1.82, 2.24) is 19.5 Å². The second-order valence-electron chi connectivity index (χ2n) is 15.1. The number of benzene rings is 8. The van der Waals surface area contributed by atoms with Crippen molar-refractivity contribution < 1.29 is 4.42 Å². The zero-order valence-corrected chi connectivity index (χ0v) is 30.5. The molecule has 3 aromatic heterocycles. The number of rotatable bonds is 3. The van der Waals surface area contributed by atoms with Gasteiger partial charge in [-0.2, -0.15) is 9.97 Å². The van der Waals surface area contributed by atoms with Crippen molar-refractivity contribution >= 4 is 43.7 Å². The van der Waals surface area contributed by atoms with E-state index in [-0.39, 0.29) is 0 Å². The Morgan fingerprint density at radius 2 is 1.00 bits per heavy atom. The molecule has 0 radical (unpaired) electrons. The van der Waals surface area contributed by atoms with Gasteiger partial charge in [0.25, 0.3) is 0 Å². The Balaban J connectivity index is 1.17. The largest absolute Gasteiger partial charge is 0.455 e. The topological polar surface area (TPSA) is 56.7 Å². The summed E-state index contributed by atoms with van der Waals surface area (Å²) in [4.78, 5) is 15.9. The summed E-state index contributed by atoms with van der Waals surface area (Å²) in [5.41, 5.74) is 15.1. The van der Waals surface area contributed by atoms with Gasteiger partial charge in [0.15, 0.2) is 11.6 Å². The summed E-state index contributed by atoms with van der Waals surface area (Å²) < 4.78 is 8.84. The molecule has 0 amide bonds. The van der Waals surface area contributed by atoms with Crippen LogP contribution in [0.4, 0.5) is 0 Å². The molecule has 264 valence electrons. The Morgan fingerprint density at radius 1 is 0.404 bits per heavy atom. The van der Waals surface area contributed by atoms with E-state index >= 15 is 0 Å². The minimum absolute atomic E-state index is 0.481. The van der Waals surface area contributed by atoms with Crippen molar-refractivity contribution in [3.05, 3.63) is 204 Å². The monoisotopic (exact) mass is 726 g/mol. The van der Waals surface area contributed by atoms with Gasteiger partial charge in [0.1, 0.15) is 11.2 Å². The van der Waals surface area contributed by atoms with Crippen LogP contribution in [0, 0.1) is 0 Å². The number of aromatic nitrogens is 4. The minimum Gasteiger partial charge on any atom is -0.455 e. The second kappa shape index (κ2) is 11.2. The second-order valence-corrected chi connectivity index (χ2v) is 15.1. The molecule has 0 N–H and O–H groups in total. The first-order valence-electron chi connectivity index (χ1n) is 19.4. The van der Waals surface area contributed by atoms with Gasteiger partial charge in [0.2, 0.25) is 5.95 Å². The predicted octanol–water partition coefficient (Wildman–Crippen LogP) is 12.5. The average Bonchev–Trinajstić information content (AvgIpc) is 4.00. The van der Waals surface area contributed by atoms with E-state index in [1.165, 1.54) is 44.5 Å². The molecule has 57 heavy (non-hydrogen) atoms. The first-order chi connectivity index (χ1) is 28.3. The summed E-state index contributed by atoms with van der Waals surface area (Å²) in [7, 11) is 0. The normalized spacial score (nSPS) is 13.4. The molecule has 0 aliphatic heterocycles. The average molecular weight is 727 g/mol. The van der Waals surface area contributed by atoms with Crippen LogP contribution in [0.3, 0.4) is 0 Å². The van der Waals surface area contributed by atoms with Crippen LogP contribution in [0.1, 0.15) is 22.3 Å². The van der Waals surface area contributed by atoms with E-state index in [0.29, 0.717) is 17.6 Å². The van der Waals surface area contributed by atoms with Crippen LogP contribution in [0.5, 0.6) is 0 Å². The van der Waals surface area contributed by atoms with E-state index in [2.05, 4.69) is 150 Å². The summed E-state index contributed by atoms with van der Waals surface area (Å²) in [6.45, 7) is 0. The highest BCUT2D eigenvalue weighted by molar-refractivity contribution is 6.16. The summed E-state index contributed by atoms with van der Waals surface area (Å²) in [6, 6.07) is 64.8. The molecule has 3 heterocycles. The first-order valence-corrected chi connectivity index (χ1v) is 19.4. The van der Waals surface area contributed by atoms with E-state index < -0.39 is 5.41 Å². The molecule has 0 unspecified atom stereocenters. The lowest BCUT2D eigenvalue weighted by Gasteiger charge is -2.30. The fourth-order valence-electron chi connectivity index (χ4n) is 10.1. The zero-order chi connectivity index (χ0) is 37.2. The molecule has 0 atom stereocenters. The Bertz CT molecular complexity index is 3440. The Kier molecular flexibility index (Phi) is 6.04. The van der Waals surface area contributed by atoms with Gasteiger partial charge in [-0.05, 0) is 57.1 Å². The number of hydrogen-bond donors (Lipinski definition) is 0. The van der Waals surface area contributed by atoms with Crippen LogP contribution in [0.2, 0.25) is 0 Å². The van der Waals surface area contributed by atoms with Crippen LogP contribution in [0.15, 0.2) is 186 Å². The molecule has 2 aliphatic carbocycles. The SMILES string of the molecule is c1ccc(-c2nc(-c3cccc4c3oc3ccccc34)nc(-n3c4ccccc4c4ccc5c(c43)-c3ccccc3C53c4ccccc4-c4ccccc43)n2)cc1. The van der Waals surface area contributed by atoms with Crippen LogP contribution in [0.25, 0.3) is 94.7 Å². The zero-order valence-electron chi connectivity index (χ0n) is 30.5. The molecule has 13 rings (SSSR count). The summed E-state index contributed by atoms with van der Waals surface area (Å²) in [6.07, 6.45) is 0. The van der Waals surface area contributed by atoms with E-state index in [1.54, 1.807) is 0 Å². The van der Waals surface area contributed by atoms with Gasteiger partial charge in [-0.25, -0.2) is 4.98 Å². The molecular weight excluding hydrogens is 697 g/mol. The molecule has 11 aromatic rings. The molecule has 8 aromatic carbocycles. The highest BCUT2D eigenvalue weighted by Crippen LogP contribution is 2.64. The minimum atomic E-state index is -0.481.